The zero-order chi connectivity index (χ0) is 19.5. The van der Waals surface area contributed by atoms with Crippen molar-refractivity contribution >= 4 is 6.08 Å². The summed E-state index contributed by atoms with van der Waals surface area (Å²) in [4.78, 5) is 13.3. The Morgan fingerprint density at radius 3 is 2.71 bits per heavy atom. The molecule has 2 aromatic heterocycles. The summed E-state index contributed by atoms with van der Waals surface area (Å²) < 4.78 is 0. The predicted octanol–water partition coefficient (Wildman–Crippen LogP) is 5.04. The van der Waals surface area contributed by atoms with E-state index in [0.717, 1.165) is 28.9 Å². The number of fused-ring (bicyclic) bond motifs is 1. The van der Waals surface area contributed by atoms with E-state index in [4.69, 9.17) is 0 Å². The molecular weight excluding hydrogens is 344 g/mol. The third kappa shape index (κ3) is 3.44. The lowest BCUT2D eigenvalue weighted by Gasteiger charge is -2.33. The third-order valence-electron chi connectivity index (χ3n) is 5.76. The number of benzene rings is 1. The number of aromatic nitrogens is 3. The normalized spacial score (nSPS) is 21.2. The van der Waals surface area contributed by atoms with E-state index in [1.54, 1.807) is 6.33 Å². The van der Waals surface area contributed by atoms with Crippen molar-refractivity contribution in [2.75, 3.05) is 0 Å². The first-order valence-corrected chi connectivity index (χ1v) is 9.60. The van der Waals surface area contributed by atoms with Crippen molar-refractivity contribution in [1.29, 1.82) is 5.26 Å². The molecule has 1 aromatic carbocycles. The fourth-order valence-electron chi connectivity index (χ4n) is 3.93. The second-order valence-electron chi connectivity index (χ2n) is 7.49. The van der Waals surface area contributed by atoms with Crippen molar-refractivity contribution in [3.63, 3.8) is 0 Å². The van der Waals surface area contributed by atoms with E-state index < -0.39 is 0 Å². The van der Waals surface area contributed by atoms with Gasteiger partial charge in [-0.05, 0) is 42.0 Å². The molecule has 0 amide bonds. The van der Waals surface area contributed by atoms with Crippen molar-refractivity contribution in [1.82, 2.24) is 15.0 Å². The van der Waals surface area contributed by atoms with Crippen LogP contribution in [0, 0.1) is 23.2 Å². The molecular formula is C24H22N4. The van der Waals surface area contributed by atoms with Gasteiger partial charge in [0.2, 0.25) is 0 Å². The lowest BCUT2D eigenvalue weighted by atomic mass is 9.73. The Balaban J connectivity index is 1.60. The van der Waals surface area contributed by atoms with Crippen LogP contribution in [0.25, 0.3) is 17.2 Å². The monoisotopic (exact) mass is 366 g/mol. The molecule has 0 radical (unpaired) electrons. The maximum Gasteiger partial charge on any atom is 0.115 e. The van der Waals surface area contributed by atoms with Gasteiger partial charge in [-0.3, -0.25) is 4.98 Å². The molecule has 1 aliphatic carbocycles. The quantitative estimate of drug-likeness (QED) is 0.652. The van der Waals surface area contributed by atoms with Gasteiger partial charge < -0.3 is 0 Å². The first kappa shape index (κ1) is 18.1. The second-order valence-corrected chi connectivity index (χ2v) is 7.49. The lowest BCUT2D eigenvalue weighted by Crippen LogP contribution is -2.26. The SMILES string of the molecule is C[C@H]1[C@H](C=Cc2ccc(-c3ccccc3C#N)cn2)c2ncncc2C[C@@H]1C. The Morgan fingerprint density at radius 2 is 1.93 bits per heavy atom. The van der Waals surface area contributed by atoms with Gasteiger partial charge in [-0.1, -0.05) is 44.2 Å². The van der Waals surface area contributed by atoms with E-state index in [2.05, 4.69) is 47.0 Å². The van der Waals surface area contributed by atoms with E-state index in [1.807, 2.05) is 48.8 Å². The topological polar surface area (TPSA) is 62.5 Å². The van der Waals surface area contributed by atoms with E-state index in [1.165, 1.54) is 5.56 Å². The minimum Gasteiger partial charge on any atom is -0.256 e. The van der Waals surface area contributed by atoms with E-state index in [0.29, 0.717) is 17.4 Å². The van der Waals surface area contributed by atoms with Crippen molar-refractivity contribution in [2.45, 2.75) is 26.2 Å². The summed E-state index contributed by atoms with van der Waals surface area (Å²) in [5.74, 6) is 1.37. The van der Waals surface area contributed by atoms with E-state index >= 15 is 0 Å². The van der Waals surface area contributed by atoms with Gasteiger partial charge in [0.25, 0.3) is 0 Å². The molecule has 4 rings (SSSR count). The van der Waals surface area contributed by atoms with Gasteiger partial charge in [-0.2, -0.15) is 5.26 Å². The highest BCUT2D eigenvalue weighted by atomic mass is 14.8. The van der Waals surface area contributed by atoms with Crippen LogP contribution in [0.4, 0.5) is 0 Å². The molecule has 2 heterocycles. The molecule has 0 N–H and O–H groups in total. The van der Waals surface area contributed by atoms with Crippen LogP contribution in [-0.2, 0) is 6.42 Å². The van der Waals surface area contributed by atoms with Crippen LogP contribution in [0.15, 0.2) is 61.2 Å². The zero-order valence-electron chi connectivity index (χ0n) is 16.1. The fraction of sp³-hybridized carbons (Fsp3) is 0.250. The summed E-state index contributed by atoms with van der Waals surface area (Å²) in [5.41, 5.74) is 5.81. The third-order valence-corrected chi connectivity index (χ3v) is 5.76. The van der Waals surface area contributed by atoms with Crippen LogP contribution in [0.2, 0.25) is 0 Å². The smallest absolute Gasteiger partial charge is 0.115 e. The molecule has 0 saturated heterocycles. The molecule has 0 bridgehead atoms. The van der Waals surface area contributed by atoms with Gasteiger partial charge in [-0.15, -0.1) is 0 Å². The Labute approximate surface area is 165 Å². The van der Waals surface area contributed by atoms with Crippen LogP contribution in [0.3, 0.4) is 0 Å². The number of hydrogen-bond donors (Lipinski definition) is 0. The molecule has 4 heteroatoms. The van der Waals surface area contributed by atoms with Gasteiger partial charge in [-0.25, -0.2) is 9.97 Å². The van der Waals surface area contributed by atoms with Crippen molar-refractivity contribution in [3.05, 3.63) is 83.7 Å². The number of allylic oxidation sites excluding steroid dienone is 1. The minimum absolute atomic E-state index is 0.266. The summed E-state index contributed by atoms with van der Waals surface area (Å²) in [5, 5.41) is 9.30. The van der Waals surface area contributed by atoms with E-state index in [-0.39, 0.29) is 5.92 Å². The van der Waals surface area contributed by atoms with Crippen LogP contribution >= 0.6 is 0 Å². The first-order valence-electron chi connectivity index (χ1n) is 9.60. The van der Waals surface area contributed by atoms with Crippen molar-refractivity contribution in [3.8, 4) is 17.2 Å². The Kier molecular flexibility index (Phi) is 4.99. The van der Waals surface area contributed by atoms with Crippen LogP contribution in [-0.4, -0.2) is 15.0 Å². The van der Waals surface area contributed by atoms with E-state index in [9.17, 15) is 5.26 Å². The molecule has 0 fully saturated rings. The van der Waals surface area contributed by atoms with Crippen LogP contribution < -0.4 is 0 Å². The van der Waals surface area contributed by atoms with Crippen molar-refractivity contribution < 1.29 is 0 Å². The van der Waals surface area contributed by atoms with Crippen molar-refractivity contribution in [2.24, 2.45) is 11.8 Å². The highest BCUT2D eigenvalue weighted by Gasteiger charge is 2.31. The molecule has 3 aromatic rings. The maximum absolute atomic E-state index is 9.30. The predicted molar refractivity (Wildman–Crippen MR) is 110 cm³/mol. The highest BCUT2D eigenvalue weighted by molar-refractivity contribution is 5.70. The Morgan fingerprint density at radius 1 is 1.07 bits per heavy atom. The Hall–Kier alpha value is -3.32. The highest BCUT2D eigenvalue weighted by Crippen LogP contribution is 2.39. The average molecular weight is 366 g/mol. The summed E-state index contributed by atoms with van der Waals surface area (Å²) in [6.07, 6.45) is 10.8. The molecule has 0 spiro atoms. The van der Waals surface area contributed by atoms with Crippen LogP contribution in [0.1, 0.15) is 42.3 Å². The van der Waals surface area contributed by atoms with Gasteiger partial charge >= 0.3 is 0 Å². The van der Waals surface area contributed by atoms with Gasteiger partial charge in [0, 0.05) is 29.4 Å². The standard InChI is InChI=1S/C24H22N4/c1-16-11-20-13-26-15-28-24(20)22(17(16)2)10-9-21-8-7-19(14-27-21)23-6-4-3-5-18(23)12-25/h3-10,13-17,22H,11H2,1-2H3/t16-,17+,22-/m0/s1. The van der Waals surface area contributed by atoms with Gasteiger partial charge in [0.05, 0.1) is 23.0 Å². The molecule has 0 aliphatic heterocycles. The fourth-order valence-corrected chi connectivity index (χ4v) is 3.93. The van der Waals surface area contributed by atoms with Crippen LogP contribution in [0.5, 0.6) is 0 Å². The second kappa shape index (κ2) is 7.74. The first-order chi connectivity index (χ1) is 13.7. The molecule has 0 unspecified atom stereocenters. The van der Waals surface area contributed by atoms with Gasteiger partial charge in [0.1, 0.15) is 6.33 Å². The number of hydrogen-bond acceptors (Lipinski definition) is 4. The molecule has 1 aliphatic rings. The largest absolute Gasteiger partial charge is 0.256 e. The minimum atomic E-state index is 0.266. The Bertz CT molecular complexity index is 1050. The molecule has 0 saturated carbocycles. The number of nitriles is 1. The molecule has 138 valence electrons. The van der Waals surface area contributed by atoms with Gasteiger partial charge in [0.15, 0.2) is 0 Å². The molecule has 3 atom stereocenters. The molecule has 28 heavy (non-hydrogen) atoms. The number of nitrogens with zero attached hydrogens (tertiary/aromatic N) is 4. The zero-order valence-corrected chi connectivity index (χ0v) is 16.1. The average Bonchev–Trinajstić information content (AvgIpc) is 2.74. The summed E-state index contributed by atoms with van der Waals surface area (Å²) in [6.45, 7) is 4.58. The summed E-state index contributed by atoms with van der Waals surface area (Å²) in [7, 11) is 0. The molecule has 4 nitrogen and oxygen atoms in total. The number of pyridine rings is 1. The lowest BCUT2D eigenvalue weighted by molar-refractivity contribution is 0.326. The summed E-state index contributed by atoms with van der Waals surface area (Å²) in [6, 6.07) is 13.9. The maximum atomic E-state index is 9.30. The number of rotatable bonds is 3. The summed E-state index contributed by atoms with van der Waals surface area (Å²) >= 11 is 0.